The Kier molecular flexibility index (Phi) is 4.29. The number of benzene rings is 1. The van der Waals surface area contributed by atoms with Crippen molar-refractivity contribution >= 4 is 22.6 Å². The summed E-state index contributed by atoms with van der Waals surface area (Å²) in [7, 11) is 3.96. The predicted octanol–water partition coefficient (Wildman–Crippen LogP) is 3.67. The van der Waals surface area contributed by atoms with Crippen molar-refractivity contribution in [3.8, 4) is 0 Å². The molecule has 4 rings (SSSR count). The van der Waals surface area contributed by atoms with Crippen molar-refractivity contribution in [3.63, 3.8) is 0 Å². The van der Waals surface area contributed by atoms with Crippen molar-refractivity contribution in [2.45, 2.75) is 18.9 Å². The van der Waals surface area contributed by atoms with Crippen molar-refractivity contribution in [1.82, 2.24) is 14.9 Å². The molecule has 1 fully saturated rings. The van der Waals surface area contributed by atoms with Crippen LogP contribution in [0, 0.1) is 0 Å². The summed E-state index contributed by atoms with van der Waals surface area (Å²) >= 11 is 0. The molecule has 1 atom stereocenters. The summed E-state index contributed by atoms with van der Waals surface area (Å²) in [5.74, 6) is 0.991. The minimum absolute atomic E-state index is 0.0781. The number of rotatable bonds is 3. The monoisotopic (exact) mass is 346 g/mol. The second kappa shape index (κ2) is 6.75. The lowest BCUT2D eigenvalue weighted by atomic mass is 10.0. The normalized spacial score (nSPS) is 16.8. The number of pyridine rings is 2. The second-order valence-electron chi connectivity index (χ2n) is 6.87. The third-order valence-electron chi connectivity index (χ3n) is 5.00. The van der Waals surface area contributed by atoms with Crippen molar-refractivity contribution in [2.24, 2.45) is 0 Å². The molecule has 0 radical (unpaired) electrons. The largest absolute Gasteiger partial charge is 0.363 e. The molecule has 3 heterocycles. The Hall–Kier alpha value is -2.95. The van der Waals surface area contributed by atoms with Gasteiger partial charge in [0, 0.05) is 44.0 Å². The summed E-state index contributed by atoms with van der Waals surface area (Å²) in [6, 6.07) is 13.8. The highest BCUT2D eigenvalue weighted by Crippen LogP contribution is 2.34. The first-order valence-electron chi connectivity index (χ1n) is 8.93. The van der Waals surface area contributed by atoms with Gasteiger partial charge in [0.25, 0.3) is 5.91 Å². The number of nitrogens with zero attached hydrogens (tertiary/aromatic N) is 4. The maximum Gasteiger partial charge on any atom is 0.255 e. The van der Waals surface area contributed by atoms with Gasteiger partial charge in [0.05, 0.1) is 11.6 Å². The third kappa shape index (κ3) is 2.90. The molecule has 5 nitrogen and oxygen atoms in total. The van der Waals surface area contributed by atoms with E-state index in [0.29, 0.717) is 0 Å². The minimum atomic E-state index is 0.0781. The summed E-state index contributed by atoms with van der Waals surface area (Å²) in [6.45, 7) is 0.778. The molecule has 1 aromatic carbocycles. The number of likely N-dealkylation sites (tertiary alicyclic amines) is 1. The number of hydrogen-bond donors (Lipinski definition) is 0. The van der Waals surface area contributed by atoms with Crippen LogP contribution in [0.1, 0.15) is 34.8 Å². The smallest absolute Gasteiger partial charge is 0.255 e. The molecule has 1 saturated heterocycles. The van der Waals surface area contributed by atoms with Crippen molar-refractivity contribution < 1.29 is 4.79 Å². The standard InChI is InChI=1S/C21H22N4O/c1-24(2)20-14-15(10-12-23-20)19-9-5-13-25(19)21(26)17-6-3-8-18-16(17)7-4-11-22-18/h3-4,6-8,10-12,14,19H,5,9,13H2,1-2H3/t19-/m1/s1. The molecule has 0 aliphatic carbocycles. The molecule has 2 aromatic heterocycles. The maximum atomic E-state index is 13.3. The van der Waals surface area contributed by atoms with E-state index in [9.17, 15) is 4.79 Å². The fraction of sp³-hybridized carbons (Fsp3) is 0.286. The van der Waals surface area contributed by atoms with E-state index >= 15 is 0 Å². The molecule has 3 aromatic rings. The summed E-state index contributed by atoms with van der Waals surface area (Å²) in [6.07, 6.45) is 5.58. The summed E-state index contributed by atoms with van der Waals surface area (Å²) in [4.78, 5) is 26.1. The Morgan fingerprint density at radius 3 is 2.85 bits per heavy atom. The molecule has 0 N–H and O–H groups in total. The molecular weight excluding hydrogens is 324 g/mol. The molecule has 1 aliphatic rings. The lowest BCUT2D eigenvalue weighted by Crippen LogP contribution is -2.30. The molecule has 0 unspecified atom stereocenters. The quantitative estimate of drug-likeness (QED) is 0.726. The van der Waals surface area contributed by atoms with Crippen LogP contribution in [-0.2, 0) is 0 Å². The Labute approximate surface area is 153 Å². The van der Waals surface area contributed by atoms with Gasteiger partial charge in [-0.15, -0.1) is 0 Å². The van der Waals surface area contributed by atoms with Crippen LogP contribution in [0.15, 0.2) is 54.9 Å². The first kappa shape index (κ1) is 16.5. The van der Waals surface area contributed by atoms with Crippen molar-refractivity contribution in [1.29, 1.82) is 0 Å². The Morgan fingerprint density at radius 2 is 2.00 bits per heavy atom. The van der Waals surface area contributed by atoms with E-state index < -0.39 is 0 Å². The van der Waals surface area contributed by atoms with Gasteiger partial charge >= 0.3 is 0 Å². The summed E-state index contributed by atoms with van der Waals surface area (Å²) < 4.78 is 0. The number of amides is 1. The SMILES string of the molecule is CN(C)c1cc([C@H]2CCCN2C(=O)c2cccc3ncccc23)ccn1. The predicted molar refractivity (Wildman–Crippen MR) is 103 cm³/mol. The van der Waals surface area contributed by atoms with Crippen molar-refractivity contribution in [3.05, 3.63) is 66.0 Å². The number of carbonyl (C=O) groups is 1. The maximum absolute atomic E-state index is 13.3. The average molecular weight is 346 g/mol. The first-order chi connectivity index (χ1) is 12.6. The average Bonchev–Trinajstić information content (AvgIpc) is 3.17. The highest BCUT2D eigenvalue weighted by Gasteiger charge is 2.31. The molecule has 1 aliphatic heterocycles. The van der Waals surface area contributed by atoms with E-state index in [1.807, 2.05) is 66.5 Å². The van der Waals surface area contributed by atoms with Gasteiger partial charge in [0.2, 0.25) is 0 Å². The Bertz CT molecular complexity index is 948. The Balaban J connectivity index is 1.70. The van der Waals surface area contributed by atoms with Crippen LogP contribution >= 0.6 is 0 Å². The van der Waals surface area contributed by atoms with Crippen molar-refractivity contribution in [2.75, 3.05) is 25.5 Å². The van der Waals surface area contributed by atoms with Gasteiger partial charge in [0.1, 0.15) is 5.82 Å². The summed E-state index contributed by atoms with van der Waals surface area (Å²) in [5, 5.41) is 0.911. The lowest BCUT2D eigenvalue weighted by Gasteiger charge is -2.26. The van der Waals surface area contributed by atoms with Gasteiger partial charge in [-0.25, -0.2) is 4.98 Å². The van der Waals surface area contributed by atoms with Gasteiger partial charge in [-0.05, 0) is 48.7 Å². The number of hydrogen-bond acceptors (Lipinski definition) is 4. The summed E-state index contributed by atoms with van der Waals surface area (Å²) in [5.41, 5.74) is 2.73. The van der Waals surface area contributed by atoms with E-state index in [2.05, 4.69) is 16.0 Å². The second-order valence-corrected chi connectivity index (χ2v) is 6.87. The number of anilines is 1. The van der Waals surface area contributed by atoms with Gasteiger partial charge in [-0.2, -0.15) is 0 Å². The number of aromatic nitrogens is 2. The molecule has 0 spiro atoms. The van der Waals surface area contributed by atoms with Gasteiger partial charge < -0.3 is 9.80 Å². The fourth-order valence-electron chi connectivity index (χ4n) is 3.69. The lowest BCUT2D eigenvalue weighted by molar-refractivity contribution is 0.0737. The minimum Gasteiger partial charge on any atom is -0.363 e. The van der Waals surface area contributed by atoms with Crippen LogP contribution in [-0.4, -0.2) is 41.4 Å². The van der Waals surface area contributed by atoms with Crippen LogP contribution in [0.5, 0.6) is 0 Å². The number of fused-ring (bicyclic) bond motifs is 1. The van der Waals surface area contributed by atoms with Crippen LogP contribution in [0.25, 0.3) is 10.9 Å². The zero-order chi connectivity index (χ0) is 18.1. The van der Waals surface area contributed by atoms with E-state index in [1.54, 1.807) is 6.20 Å². The number of carbonyl (C=O) groups excluding carboxylic acids is 1. The van der Waals surface area contributed by atoms with E-state index in [4.69, 9.17) is 0 Å². The molecule has 0 bridgehead atoms. The van der Waals surface area contributed by atoms with Crippen LogP contribution in [0.2, 0.25) is 0 Å². The molecular formula is C21H22N4O. The molecule has 5 heteroatoms. The molecule has 0 saturated carbocycles. The highest BCUT2D eigenvalue weighted by atomic mass is 16.2. The highest BCUT2D eigenvalue weighted by molar-refractivity contribution is 6.06. The van der Waals surface area contributed by atoms with Gasteiger partial charge in [-0.1, -0.05) is 12.1 Å². The van der Waals surface area contributed by atoms with Crippen LogP contribution < -0.4 is 4.90 Å². The van der Waals surface area contributed by atoms with E-state index in [1.165, 1.54) is 0 Å². The van der Waals surface area contributed by atoms with E-state index in [0.717, 1.165) is 47.2 Å². The van der Waals surface area contributed by atoms with Gasteiger partial charge in [-0.3, -0.25) is 9.78 Å². The zero-order valence-electron chi connectivity index (χ0n) is 15.1. The third-order valence-corrected chi connectivity index (χ3v) is 5.00. The topological polar surface area (TPSA) is 49.3 Å². The Morgan fingerprint density at radius 1 is 1.12 bits per heavy atom. The first-order valence-corrected chi connectivity index (χ1v) is 8.93. The zero-order valence-corrected chi connectivity index (χ0v) is 15.1. The van der Waals surface area contributed by atoms with Gasteiger partial charge in [0.15, 0.2) is 0 Å². The fourth-order valence-corrected chi connectivity index (χ4v) is 3.69. The van der Waals surface area contributed by atoms with E-state index in [-0.39, 0.29) is 11.9 Å². The van der Waals surface area contributed by atoms with Crippen LogP contribution in [0.3, 0.4) is 0 Å². The molecule has 26 heavy (non-hydrogen) atoms. The molecule has 1 amide bonds. The molecule has 132 valence electrons. The van der Waals surface area contributed by atoms with Crippen LogP contribution in [0.4, 0.5) is 5.82 Å².